The van der Waals surface area contributed by atoms with E-state index in [1.54, 1.807) is 24.0 Å². The predicted octanol–water partition coefficient (Wildman–Crippen LogP) is 1.93. The van der Waals surface area contributed by atoms with Gasteiger partial charge in [-0.05, 0) is 30.2 Å². The molecule has 0 bridgehead atoms. The third-order valence-electron chi connectivity index (χ3n) is 3.47. The van der Waals surface area contributed by atoms with Crippen LogP contribution in [0.4, 0.5) is 4.39 Å². The van der Waals surface area contributed by atoms with Crippen LogP contribution in [0.15, 0.2) is 30.3 Å². The van der Waals surface area contributed by atoms with Crippen LogP contribution in [0.5, 0.6) is 0 Å². The van der Waals surface area contributed by atoms with Crippen LogP contribution in [0, 0.1) is 5.82 Å². The summed E-state index contributed by atoms with van der Waals surface area (Å²) in [5, 5.41) is 8.78. The number of morpholine rings is 1. The zero-order valence-corrected chi connectivity index (χ0v) is 12.3. The molecule has 1 N–H and O–H groups in total. The number of amides is 1. The normalized spacial score (nSPS) is 19.1. The van der Waals surface area contributed by atoms with Gasteiger partial charge in [0.2, 0.25) is 5.91 Å². The second-order valence-corrected chi connectivity index (χ2v) is 5.21. The van der Waals surface area contributed by atoms with Crippen molar-refractivity contribution < 1.29 is 23.8 Å². The number of hydrogen-bond donors (Lipinski definition) is 1. The van der Waals surface area contributed by atoms with Crippen molar-refractivity contribution >= 4 is 17.4 Å². The number of carboxylic acids is 1. The molecule has 1 fully saturated rings. The van der Waals surface area contributed by atoms with Crippen LogP contribution in [-0.2, 0) is 14.3 Å². The summed E-state index contributed by atoms with van der Waals surface area (Å²) in [5.74, 6) is -1.53. The molecule has 0 spiro atoms. The predicted molar refractivity (Wildman–Crippen MR) is 78.6 cm³/mol. The van der Waals surface area contributed by atoms with Gasteiger partial charge in [-0.2, -0.15) is 0 Å². The zero-order valence-electron chi connectivity index (χ0n) is 12.3. The van der Waals surface area contributed by atoms with Gasteiger partial charge in [0.1, 0.15) is 5.82 Å². The molecule has 1 atom stereocenters. The highest BCUT2D eigenvalue weighted by molar-refractivity contribution is 5.95. The van der Waals surface area contributed by atoms with Gasteiger partial charge in [-0.1, -0.05) is 12.1 Å². The maximum Gasteiger partial charge on any atom is 0.306 e. The first-order valence-corrected chi connectivity index (χ1v) is 7.02. The molecule has 0 radical (unpaired) electrons. The third-order valence-corrected chi connectivity index (χ3v) is 3.47. The number of rotatable bonds is 4. The molecule has 1 aromatic rings. The minimum Gasteiger partial charge on any atom is -0.481 e. The molecule has 22 heavy (non-hydrogen) atoms. The highest BCUT2D eigenvalue weighted by atomic mass is 19.1. The molecule has 2 rings (SSSR count). The van der Waals surface area contributed by atoms with Crippen LogP contribution in [-0.4, -0.2) is 47.7 Å². The SMILES string of the molecule is C/C(=C/C(=O)N1CCOC(CC(=O)O)C1)c1cccc(F)c1. The number of aliphatic carboxylic acids is 1. The molecule has 0 aliphatic carbocycles. The van der Waals surface area contributed by atoms with E-state index in [0.29, 0.717) is 24.3 Å². The average molecular weight is 307 g/mol. The van der Waals surface area contributed by atoms with Gasteiger partial charge in [-0.25, -0.2) is 4.39 Å². The van der Waals surface area contributed by atoms with Crippen molar-refractivity contribution in [2.75, 3.05) is 19.7 Å². The van der Waals surface area contributed by atoms with Gasteiger partial charge in [-0.15, -0.1) is 0 Å². The van der Waals surface area contributed by atoms with E-state index in [9.17, 15) is 14.0 Å². The molecule has 0 saturated carbocycles. The van der Waals surface area contributed by atoms with Crippen LogP contribution in [0.1, 0.15) is 18.9 Å². The Morgan fingerprint density at radius 3 is 2.95 bits per heavy atom. The Labute approximate surface area is 128 Å². The van der Waals surface area contributed by atoms with Gasteiger partial charge in [0, 0.05) is 19.2 Å². The largest absolute Gasteiger partial charge is 0.481 e. The highest BCUT2D eigenvalue weighted by Crippen LogP contribution is 2.16. The van der Waals surface area contributed by atoms with Gasteiger partial charge < -0.3 is 14.7 Å². The lowest BCUT2D eigenvalue weighted by Crippen LogP contribution is -2.45. The Morgan fingerprint density at radius 1 is 1.50 bits per heavy atom. The van der Waals surface area contributed by atoms with E-state index in [1.807, 2.05) is 0 Å². The minimum atomic E-state index is -0.953. The first-order valence-electron chi connectivity index (χ1n) is 7.02. The molecule has 1 heterocycles. The summed E-state index contributed by atoms with van der Waals surface area (Å²) in [5.41, 5.74) is 1.30. The summed E-state index contributed by atoms with van der Waals surface area (Å²) >= 11 is 0. The van der Waals surface area contributed by atoms with Gasteiger partial charge in [0.05, 0.1) is 19.1 Å². The fourth-order valence-electron chi connectivity index (χ4n) is 2.33. The van der Waals surface area contributed by atoms with E-state index in [-0.39, 0.29) is 24.7 Å². The summed E-state index contributed by atoms with van der Waals surface area (Å²) < 4.78 is 18.5. The smallest absolute Gasteiger partial charge is 0.306 e. The quantitative estimate of drug-likeness (QED) is 0.863. The van der Waals surface area contributed by atoms with Crippen LogP contribution in [0.25, 0.3) is 5.57 Å². The van der Waals surface area contributed by atoms with Crippen LogP contribution >= 0.6 is 0 Å². The number of benzene rings is 1. The Morgan fingerprint density at radius 2 is 2.27 bits per heavy atom. The summed E-state index contributed by atoms with van der Waals surface area (Å²) in [6.07, 6.45) is 0.826. The van der Waals surface area contributed by atoms with Crippen LogP contribution < -0.4 is 0 Å². The molecule has 118 valence electrons. The lowest BCUT2D eigenvalue weighted by atomic mass is 10.1. The minimum absolute atomic E-state index is 0.129. The number of ether oxygens (including phenoxy) is 1. The summed E-state index contributed by atoms with van der Waals surface area (Å²) in [6.45, 7) is 2.72. The second kappa shape index (κ2) is 7.17. The second-order valence-electron chi connectivity index (χ2n) is 5.21. The molecule has 1 unspecified atom stereocenters. The monoisotopic (exact) mass is 307 g/mol. The Kier molecular flexibility index (Phi) is 5.27. The van der Waals surface area contributed by atoms with Crippen molar-refractivity contribution in [3.05, 3.63) is 41.7 Å². The molecular formula is C16H18FNO4. The molecule has 1 saturated heterocycles. The fourth-order valence-corrected chi connectivity index (χ4v) is 2.33. The molecule has 0 aromatic heterocycles. The van der Waals surface area contributed by atoms with E-state index < -0.39 is 12.1 Å². The molecule has 1 aliphatic heterocycles. The van der Waals surface area contributed by atoms with Gasteiger partial charge in [0.15, 0.2) is 0 Å². The number of allylic oxidation sites excluding steroid dienone is 1. The summed E-state index contributed by atoms with van der Waals surface area (Å²) in [4.78, 5) is 24.5. The maximum atomic E-state index is 13.2. The Hall–Kier alpha value is -2.21. The first-order chi connectivity index (χ1) is 10.5. The third kappa shape index (κ3) is 4.39. The Bertz CT molecular complexity index is 600. The van der Waals surface area contributed by atoms with E-state index in [0.717, 1.165) is 0 Å². The maximum absolute atomic E-state index is 13.2. The molecule has 1 amide bonds. The van der Waals surface area contributed by atoms with E-state index in [2.05, 4.69) is 0 Å². The van der Waals surface area contributed by atoms with Gasteiger partial charge >= 0.3 is 5.97 Å². The zero-order chi connectivity index (χ0) is 16.1. The van der Waals surface area contributed by atoms with Crippen molar-refractivity contribution in [1.82, 2.24) is 4.90 Å². The standard InChI is InChI=1S/C16H18FNO4/c1-11(12-3-2-4-13(17)8-12)7-15(19)18-5-6-22-14(10-18)9-16(20)21/h2-4,7-8,14H,5-6,9-10H2,1H3,(H,20,21)/b11-7-. The van der Waals surface area contributed by atoms with Gasteiger partial charge in [0.25, 0.3) is 0 Å². The van der Waals surface area contributed by atoms with Crippen molar-refractivity contribution in [1.29, 1.82) is 0 Å². The van der Waals surface area contributed by atoms with E-state index >= 15 is 0 Å². The summed E-state index contributed by atoms with van der Waals surface area (Å²) in [7, 11) is 0. The van der Waals surface area contributed by atoms with E-state index in [1.165, 1.54) is 18.2 Å². The van der Waals surface area contributed by atoms with Crippen LogP contribution in [0.3, 0.4) is 0 Å². The highest BCUT2D eigenvalue weighted by Gasteiger charge is 2.25. The lowest BCUT2D eigenvalue weighted by molar-refractivity contribution is -0.145. The molecular weight excluding hydrogens is 289 g/mol. The Balaban J connectivity index is 2.04. The summed E-state index contributed by atoms with van der Waals surface area (Å²) in [6, 6.07) is 6.03. The number of hydrogen-bond acceptors (Lipinski definition) is 3. The lowest BCUT2D eigenvalue weighted by Gasteiger charge is -2.31. The van der Waals surface area contributed by atoms with Crippen molar-refractivity contribution in [3.8, 4) is 0 Å². The van der Waals surface area contributed by atoms with Crippen molar-refractivity contribution in [2.45, 2.75) is 19.4 Å². The molecule has 1 aliphatic rings. The number of halogens is 1. The van der Waals surface area contributed by atoms with Gasteiger partial charge in [-0.3, -0.25) is 9.59 Å². The fraction of sp³-hybridized carbons (Fsp3) is 0.375. The molecule has 1 aromatic carbocycles. The van der Waals surface area contributed by atoms with Crippen molar-refractivity contribution in [3.63, 3.8) is 0 Å². The molecule has 5 nitrogen and oxygen atoms in total. The van der Waals surface area contributed by atoms with Crippen LogP contribution in [0.2, 0.25) is 0 Å². The molecule has 6 heteroatoms. The first kappa shape index (κ1) is 16.2. The number of carbonyl (C=O) groups is 2. The van der Waals surface area contributed by atoms with Crippen molar-refractivity contribution in [2.24, 2.45) is 0 Å². The number of carboxylic acid groups (broad SMARTS) is 1. The van der Waals surface area contributed by atoms with E-state index in [4.69, 9.17) is 9.84 Å². The average Bonchev–Trinajstić information content (AvgIpc) is 2.46. The topological polar surface area (TPSA) is 66.8 Å². The number of carbonyl (C=O) groups excluding carboxylic acids is 1. The number of nitrogens with zero attached hydrogens (tertiary/aromatic N) is 1.